The van der Waals surface area contributed by atoms with E-state index in [1.807, 2.05) is 13.0 Å². The van der Waals surface area contributed by atoms with Crippen molar-refractivity contribution in [3.8, 4) is 0 Å². The summed E-state index contributed by atoms with van der Waals surface area (Å²) >= 11 is 0. The van der Waals surface area contributed by atoms with Crippen LogP contribution in [0, 0.1) is 12.8 Å². The summed E-state index contributed by atoms with van der Waals surface area (Å²) in [5, 5.41) is 0. The number of carbonyl (C=O) groups excluding carboxylic acids is 1. The van der Waals surface area contributed by atoms with E-state index in [0.29, 0.717) is 12.2 Å². The average molecular weight is 178 g/mol. The van der Waals surface area contributed by atoms with Gasteiger partial charge in [0.1, 0.15) is 0 Å². The number of ketones is 1. The Kier molecular flexibility index (Phi) is 2.21. The Hall–Kier alpha value is -1.05. The Morgan fingerprint density at radius 1 is 1.62 bits per heavy atom. The summed E-state index contributed by atoms with van der Waals surface area (Å²) in [7, 11) is 0. The molecule has 0 spiro atoms. The third-order valence-electron chi connectivity index (χ3n) is 2.59. The van der Waals surface area contributed by atoms with Gasteiger partial charge in [-0.25, -0.2) is 0 Å². The third-order valence-corrected chi connectivity index (χ3v) is 2.59. The maximum atomic E-state index is 11.6. The van der Waals surface area contributed by atoms with Crippen LogP contribution in [0.3, 0.4) is 0 Å². The largest absolute Gasteiger partial charge is 0.461 e. The van der Waals surface area contributed by atoms with Crippen LogP contribution < -0.4 is 0 Å². The van der Waals surface area contributed by atoms with Gasteiger partial charge < -0.3 is 4.42 Å². The molecule has 2 nitrogen and oxygen atoms in total. The minimum absolute atomic E-state index is 0.161. The number of Topliss-reactive ketones (excluding diaryl/α,β-unsaturated/α-hetero) is 1. The first-order valence-electron chi connectivity index (χ1n) is 4.84. The predicted octanol–water partition coefficient (Wildman–Crippen LogP) is 2.96. The predicted molar refractivity (Wildman–Crippen MR) is 49.7 cm³/mol. The number of aryl methyl sites for hydroxylation is 1. The van der Waals surface area contributed by atoms with Gasteiger partial charge in [-0.05, 0) is 30.9 Å². The first kappa shape index (κ1) is 8.54. The first-order chi connectivity index (χ1) is 6.27. The Bertz CT molecular complexity index is 308. The van der Waals surface area contributed by atoms with Crippen LogP contribution in [0.25, 0.3) is 0 Å². The number of rotatable bonds is 4. The van der Waals surface area contributed by atoms with E-state index in [4.69, 9.17) is 4.42 Å². The molecule has 1 aromatic heterocycles. The molecule has 0 amide bonds. The van der Waals surface area contributed by atoms with Crippen LogP contribution in [0.1, 0.15) is 41.8 Å². The van der Waals surface area contributed by atoms with Crippen LogP contribution in [-0.2, 0) is 0 Å². The van der Waals surface area contributed by atoms with Crippen LogP contribution >= 0.6 is 0 Å². The van der Waals surface area contributed by atoms with Gasteiger partial charge in [-0.3, -0.25) is 4.79 Å². The van der Waals surface area contributed by atoms with E-state index in [0.717, 1.165) is 17.9 Å². The summed E-state index contributed by atoms with van der Waals surface area (Å²) in [6.45, 7) is 1.91. The second-order valence-electron chi connectivity index (χ2n) is 3.84. The molecule has 2 heteroatoms. The molecule has 0 N–H and O–H groups in total. The van der Waals surface area contributed by atoms with Crippen molar-refractivity contribution in [1.82, 2.24) is 0 Å². The maximum absolute atomic E-state index is 11.6. The van der Waals surface area contributed by atoms with E-state index < -0.39 is 0 Å². The third kappa shape index (κ3) is 2.00. The number of hydrogen-bond donors (Lipinski definition) is 0. The molecule has 70 valence electrons. The van der Waals surface area contributed by atoms with Gasteiger partial charge in [-0.15, -0.1) is 0 Å². The molecule has 1 heterocycles. The monoisotopic (exact) mass is 178 g/mol. The van der Waals surface area contributed by atoms with E-state index in [-0.39, 0.29) is 5.78 Å². The molecule has 0 atom stereocenters. The van der Waals surface area contributed by atoms with Crippen LogP contribution in [-0.4, -0.2) is 5.78 Å². The summed E-state index contributed by atoms with van der Waals surface area (Å²) < 4.78 is 5.13. The van der Waals surface area contributed by atoms with Crippen LogP contribution in [0.2, 0.25) is 0 Å². The Balaban J connectivity index is 1.92. The fourth-order valence-electron chi connectivity index (χ4n) is 1.51. The van der Waals surface area contributed by atoms with Crippen molar-refractivity contribution < 1.29 is 9.21 Å². The minimum Gasteiger partial charge on any atom is -0.461 e. The molecule has 0 radical (unpaired) electrons. The zero-order chi connectivity index (χ0) is 9.26. The lowest BCUT2D eigenvalue weighted by atomic mass is 10.1. The maximum Gasteiger partial charge on any atom is 0.198 e. The molecule has 1 fully saturated rings. The Labute approximate surface area is 77.9 Å². The molecule has 0 aromatic carbocycles. The first-order valence-corrected chi connectivity index (χ1v) is 4.84. The van der Waals surface area contributed by atoms with Crippen molar-refractivity contribution in [1.29, 1.82) is 0 Å². The van der Waals surface area contributed by atoms with Gasteiger partial charge in [-0.2, -0.15) is 0 Å². The molecule has 1 aliphatic carbocycles. The lowest BCUT2D eigenvalue weighted by Crippen LogP contribution is -1.99. The van der Waals surface area contributed by atoms with Crippen molar-refractivity contribution in [2.75, 3.05) is 0 Å². The molecule has 1 aliphatic rings. The Morgan fingerprint density at radius 2 is 2.38 bits per heavy atom. The summed E-state index contributed by atoms with van der Waals surface area (Å²) in [6.07, 6.45) is 5.90. The summed E-state index contributed by atoms with van der Waals surface area (Å²) in [6, 6.07) is 1.84. The van der Waals surface area contributed by atoms with Gasteiger partial charge in [0, 0.05) is 6.42 Å². The normalized spacial score (nSPS) is 16.1. The van der Waals surface area contributed by atoms with Crippen LogP contribution in [0.5, 0.6) is 0 Å². The fourth-order valence-corrected chi connectivity index (χ4v) is 1.51. The van der Waals surface area contributed by atoms with E-state index in [9.17, 15) is 4.79 Å². The van der Waals surface area contributed by atoms with Gasteiger partial charge >= 0.3 is 0 Å². The fraction of sp³-hybridized carbons (Fsp3) is 0.545. The molecule has 2 rings (SSSR count). The van der Waals surface area contributed by atoms with E-state index >= 15 is 0 Å². The SMILES string of the molecule is Cc1ccoc1C(=O)CCC1CC1. The molecular weight excluding hydrogens is 164 g/mol. The van der Waals surface area contributed by atoms with Crippen molar-refractivity contribution in [3.05, 3.63) is 23.7 Å². The van der Waals surface area contributed by atoms with E-state index in [1.54, 1.807) is 6.26 Å². The van der Waals surface area contributed by atoms with Crippen molar-refractivity contribution in [3.63, 3.8) is 0 Å². The second kappa shape index (κ2) is 3.36. The minimum atomic E-state index is 0.161. The molecule has 0 saturated heterocycles. The second-order valence-corrected chi connectivity index (χ2v) is 3.84. The number of hydrogen-bond acceptors (Lipinski definition) is 2. The zero-order valence-corrected chi connectivity index (χ0v) is 7.88. The van der Waals surface area contributed by atoms with E-state index in [1.165, 1.54) is 12.8 Å². The van der Waals surface area contributed by atoms with Crippen molar-refractivity contribution in [2.24, 2.45) is 5.92 Å². The van der Waals surface area contributed by atoms with Crippen molar-refractivity contribution in [2.45, 2.75) is 32.6 Å². The van der Waals surface area contributed by atoms with Gasteiger partial charge in [-0.1, -0.05) is 12.8 Å². The summed E-state index contributed by atoms with van der Waals surface area (Å²) in [4.78, 5) is 11.6. The van der Waals surface area contributed by atoms with E-state index in [2.05, 4.69) is 0 Å². The highest BCUT2D eigenvalue weighted by molar-refractivity contribution is 5.94. The summed E-state index contributed by atoms with van der Waals surface area (Å²) in [5.74, 6) is 1.54. The van der Waals surface area contributed by atoms with Crippen LogP contribution in [0.4, 0.5) is 0 Å². The molecule has 1 aromatic rings. The summed E-state index contributed by atoms with van der Waals surface area (Å²) in [5.41, 5.74) is 0.959. The average Bonchev–Trinajstić information content (AvgIpc) is 2.84. The van der Waals surface area contributed by atoms with Gasteiger partial charge in [0.05, 0.1) is 6.26 Å². The van der Waals surface area contributed by atoms with Crippen molar-refractivity contribution >= 4 is 5.78 Å². The topological polar surface area (TPSA) is 30.2 Å². The molecular formula is C11H14O2. The number of carbonyl (C=O) groups is 1. The smallest absolute Gasteiger partial charge is 0.198 e. The molecule has 0 bridgehead atoms. The van der Waals surface area contributed by atoms with Gasteiger partial charge in [0.15, 0.2) is 11.5 Å². The molecule has 13 heavy (non-hydrogen) atoms. The van der Waals surface area contributed by atoms with Crippen LogP contribution in [0.15, 0.2) is 16.7 Å². The highest BCUT2D eigenvalue weighted by Crippen LogP contribution is 2.34. The zero-order valence-electron chi connectivity index (χ0n) is 7.88. The van der Waals surface area contributed by atoms with Gasteiger partial charge in [0.2, 0.25) is 0 Å². The quantitative estimate of drug-likeness (QED) is 0.663. The number of furan rings is 1. The standard InChI is InChI=1S/C11H14O2/c1-8-6-7-13-11(8)10(12)5-4-9-2-3-9/h6-7,9H,2-5H2,1H3. The van der Waals surface area contributed by atoms with Gasteiger partial charge in [0.25, 0.3) is 0 Å². The highest BCUT2D eigenvalue weighted by Gasteiger charge is 2.23. The molecule has 0 aliphatic heterocycles. The lowest BCUT2D eigenvalue weighted by Gasteiger charge is -1.96. The Morgan fingerprint density at radius 3 is 2.92 bits per heavy atom. The lowest BCUT2D eigenvalue weighted by molar-refractivity contribution is 0.0950. The molecule has 0 unspecified atom stereocenters. The highest BCUT2D eigenvalue weighted by atomic mass is 16.3. The molecule has 1 saturated carbocycles.